The molecule has 3 aromatic carbocycles. The summed E-state index contributed by atoms with van der Waals surface area (Å²) in [5.74, 6) is 1.70. The van der Waals surface area contributed by atoms with Gasteiger partial charge in [0.1, 0.15) is 5.01 Å². The Bertz CT molecular complexity index is 1480. The first-order valence-corrected chi connectivity index (χ1v) is 12.6. The van der Waals surface area contributed by atoms with Crippen LogP contribution in [0.2, 0.25) is 5.02 Å². The molecule has 0 radical (unpaired) electrons. The minimum Gasteiger partial charge on any atom is -0.354 e. The zero-order valence-electron chi connectivity index (χ0n) is 18.4. The van der Waals surface area contributed by atoms with E-state index in [2.05, 4.69) is 33.8 Å². The first-order valence-electron chi connectivity index (χ1n) is 11.3. The first-order chi connectivity index (χ1) is 16.7. The van der Waals surface area contributed by atoms with Crippen molar-refractivity contribution in [1.29, 1.82) is 0 Å². The number of hydrogen-bond acceptors (Lipinski definition) is 6. The van der Waals surface area contributed by atoms with E-state index in [4.69, 9.17) is 26.6 Å². The average molecular weight is 484 g/mol. The summed E-state index contributed by atoms with van der Waals surface area (Å²) in [5, 5.41) is 7.24. The van der Waals surface area contributed by atoms with Gasteiger partial charge in [0.2, 0.25) is 0 Å². The van der Waals surface area contributed by atoms with Crippen LogP contribution in [0.3, 0.4) is 0 Å². The van der Waals surface area contributed by atoms with E-state index in [9.17, 15) is 0 Å². The molecule has 1 fully saturated rings. The SMILES string of the molecule is Clc1ccccc1-c1nc(-c2cccc(Nc3nc4ccccc4nc3N3CCCC3)c2)cs1. The topological polar surface area (TPSA) is 53.9 Å². The molecule has 5 aromatic rings. The molecule has 1 aliphatic rings. The Balaban J connectivity index is 1.34. The Labute approximate surface area is 207 Å². The van der Waals surface area contributed by atoms with Crippen molar-refractivity contribution in [2.75, 3.05) is 23.3 Å². The van der Waals surface area contributed by atoms with Gasteiger partial charge in [-0.2, -0.15) is 0 Å². The second kappa shape index (κ2) is 9.05. The molecule has 1 aliphatic heterocycles. The molecular weight excluding hydrogens is 462 g/mol. The zero-order chi connectivity index (χ0) is 22.9. The fraction of sp³-hybridized carbons (Fsp3) is 0.148. The number of rotatable bonds is 5. The number of anilines is 3. The van der Waals surface area contributed by atoms with Crippen LogP contribution in [0.4, 0.5) is 17.3 Å². The lowest BCUT2D eigenvalue weighted by atomic mass is 10.1. The molecule has 0 aliphatic carbocycles. The number of nitrogens with one attached hydrogen (secondary N) is 1. The van der Waals surface area contributed by atoms with Crippen LogP contribution in [0.15, 0.2) is 78.2 Å². The van der Waals surface area contributed by atoms with Crippen molar-refractivity contribution in [2.24, 2.45) is 0 Å². The molecule has 0 amide bonds. The molecular formula is C27H22ClN5S. The Hall–Kier alpha value is -3.48. The molecule has 34 heavy (non-hydrogen) atoms. The van der Waals surface area contributed by atoms with E-state index < -0.39 is 0 Å². The molecule has 1 saturated heterocycles. The third-order valence-corrected chi connectivity index (χ3v) is 7.19. The molecule has 0 saturated carbocycles. The van der Waals surface area contributed by atoms with Crippen molar-refractivity contribution in [1.82, 2.24) is 15.0 Å². The lowest BCUT2D eigenvalue weighted by Gasteiger charge is -2.20. The summed E-state index contributed by atoms with van der Waals surface area (Å²) in [4.78, 5) is 17.1. The summed E-state index contributed by atoms with van der Waals surface area (Å²) in [6.45, 7) is 2.01. The van der Waals surface area contributed by atoms with Gasteiger partial charge in [0.15, 0.2) is 11.6 Å². The molecule has 168 valence electrons. The average Bonchev–Trinajstić information content (AvgIpc) is 3.57. The quantitative estimate of drug-likeness (QED) is 0.282. The molecule has 5 nitrogen and oxygen atoms in total. The number of aromatic nitrogens is 3. The summed E-state index contributed by atoms with van der Waals surface area (Å²) in [6, 6.07) is 24.1. The van der Waals surface area contributed by atoms with Gasteiger partial charge < -0.3 is 10.2 Å². The maximum absolute atomic E-state index is 6.38. The van der Waals surface area contributed by atoms with Gasteiger partial charge in [-0.15, -0.1) is 11.3 Å². The summed E-state index contributed by atoms with van der Waals surface area (Å²) >= 11 is 7.98. The van der Waals surface area contributed by atoms with Gasteiger partial charge >= 0.3 is 0 Å². The van der Waals surface area contributed by atoms with Crippen LogP contribution in [0.1, 0.15) is 12.8 Å². The monoisotopic (exact) mass is 483 g/mol. The molecule has 3 heterocycles. The summed E-state index contributed by atoms with van der Waals surface area (Å²) < 4.78 is 0. The Morgan fingerprint density at radius 2 is 1.59 bits per heavy atom. The highest BCUT2D eigenvalue weighted by Gasteiger charge is 2.20. The lowest BCUT2D eigenvalue weighted by Crippen LogP contribution is -2.21. The molecule has 0 spiro atoms. The number of fused-ring (bicyclic) bond motifs is 1. The van der Waals surface area contributed by atoms with E-state index in [-0.39, 0.29) is 0 Å². The highest BCUT2D eigenvalue weighted by Crippen LogP contribution is 2.35. The highest BCUT2D eigenvalue weighted by atomic mass is 35.5. The highest BCUT2D eigenvalue weighted by molar-refractivity contribution is 7.13. The van der Waals surface area contributed by atoms with Crippen LogP contribution in [0.25, 0.3) is 32.9 Å². The van der Waals surface area contributed by atoms with Gasteiger partial charge in [-0.3, -0.25) is 0 Å². The lowest BCUT2D eigenvalue weighted by molar-refractivity contribution is 0.939. The van der Waals surface area contributed by atoms with Gasteiger partial charge in [0.05, 0.1) is 21.7 Å². The van der Waals surface area contributed by atoms with E-state index in [1.165, 1.54) is 12.8 Å². The molecule has 0 unspecified atom stereocenters. The van der Waals surface area contributed by atoms with Gasteiger partial charge in [0, 0.05) is 35.3 Å². The van der Waals surface area contributed by atoms with Crippen LogP contribution in [-0.4, -0.2) is 28.0 Å². The van der Waals surface area contributed by atoms with Crippen LogP contribution in [0.5, 0.6) is 0 Å². The molecule has 1 N–H and O–H groups in total. The molecule has 6 rings (SSSR count). The van der Waals surface area contributed by atoms with Crippen molar-refractivity contribution in [3.63, 3.8) is 0 Å². The van der Waals surface area contributed by atoms with Crippen molar-refractivity contribution in [3.05, 3.63) is 83.2 Å². The number of benzene rings is 3. The largest absolute Gasteiger partial charge is 0.354 e. The van der Waals surface area contributed by atoms with E-state index in [0.29, 0.717) is 5.02 Å². The standard InChI is InChI=1S/C27H22ClN5S/c28-21-11-2-1-10-20(21)27-32-24(17-34-27)18-8-7-9-19(16-18)29-25-26(33-14-5-6-15-33)31-23-13-4-3-12-22(23)30-25/h1-4,7-13,16-17H,5-6,14-15H2,(H,29,30). The van der Waals surface area contributed by atoms with Crippen LogP contribution >= 0.6 is 22.9 Å². The minimum absolute atomic E-state index is 0.711. The Morgan fingerprint density at radius 3 is 2.41 bits per heavy atom. The van der Waals surface area contributed by atoms with E-state index >= 15 is 0 Å². The summed E-state index contributed by atoms with van der Waals surface area (Å²) in [5.41, 5.74) is 5.67. The van der Waals surface area contributed by atoms with Crippen LogP contribution < -0.4 is 10.2 Å². The van der Waals surface area contributed by atoms with Crippen LogP contribution in [-0.2, 0) is 0 Å². The molecule has 7 heteroatoms. The maximum atomic E-state index is 6.38. The van der Waals surface area contributed by atoms with Crippen molar-refractivity contribution < 1.29 is 0 Å². The van der Waals surface area contributed by atoms with Gasteiger partial charge in [-0.05, 0) is 43.2 Å². The number of hydrogen-bond donors (Lipinski definition) is 1. The van der Waals surface area contributed by atoms with Gasteiger partial charge in [0.25, 0.3) is 0 Å². The van der Waals surface area contributed by atoms with Crippen molar-refractivity contribution in [3.8, 4) is 21.8 Å². The number of para-hydroxylation sites is 2. The third kappa shape index (κ3) is 4.11. The Morgan fingerprint density at radius 1 is 0.824 bits per heavy atom. The van der Waals surface area contributed by atoms with E-state index in [1.807, 2.05) is 54.6 Å². The second-order valence-electron chi connectivity index (χ2n) is 8.30. The minimum atomic E-state index is 0.711. The van der Waals surface area contributed by atoms with Gasteiger partial charge in [-0.1, -0.05) is 54.1 Å². The van der Waals surface area contributed by atoms with Crippen LogP contribution in [0, 0.1) is 0 Å². The fourth-order valence-electron chi connectivity index (χ4n) is 4.28. The molecule has 0 bridgehead atoms. The second-order valence-corrected chi connectivity index (χ2v) is 9.57. The van der Waals surface area contributed by atoms with Gasteiger partial charge in [-0.25, -0.2) is 15.0 Å². The Kier molecular flexibility index (Phi) is 5.61. The van der Waals surface area contributed by atoms with E-state index in [1.54, 1.807) is 11.3 Å². The fourth-order valence-corrected chi connectivity index (χ4v) is 5.43. The first kappa shape index (κ1) is 21.1. The van der Waals surface area contributed by atoms with Crippen molar-refractivity contribution in [2.45, 2.75) is 12.8 Å². The van der Waals surface area contributed by atoms with Crippen molar-refractivity contribution >= 4 is 51.3 Å². The number of thiazole rings is 1. The molecule has 2 aromatic heterocycles. The predicted octanol–water partition coefficient (Wildman–Crippen LogP) is 7.42. The number of halogens is 1. The van der Waals surface area contributed by atoms with E-state index in [0.717, 1.165) is 63.3 Å². The number of nitrogens with zero attached hydrogens (tertiary/aromatic N) is 4. The summed E-state index contributed by atoms with van der Waals surface area (Å²) in [6.07, 6.45) is 2.36. The predicted molar refractivity (Wildman–Crippen MR) is 142 cm³/mol. The normalized spacial score (nSPS) is 13.5. The zero-order valence-corrected chi connectivity index (χ0v) is 20.0. The molecule has 0 atom stereocenters. The summed E-state index contributed by atoms with van der Waals surface area (Å²) in [7, 11) is 0. The maximum Gasteiger partial charge on any atom is 0.174 e. The third-order valence-electron chi connectivity index (χ3n) is 5.99. The smallest absolute Gasteiger partial charge is 0.174 e.